The Bertz CT molecular complexity index is 239. The Kier molecular flexibility index (Phi) is 6.66. The van der Waals surface area contributed by atoms with Gasteiger partial charge in [0.25, 0.3) is 0 Å². The molecule has 2 fully saturated rings. The predicted molar refractivity (Wildman–Crippen MR) is 83.5 cm³/mol. The molecule has 0 spiro atoms. The van der Waals surface area contributed by atoms with Crippen LogP contribution in [0.15, 0.2) is 0 Å². The van der Waals surface area contributed by atoms with Crippen molar-refractivity contribution in [3.05, 3.63) is 0 Å². The zero-order valence-electron chi connectivity index (χ0n) is 13.2. The Morgan fingerprint density at radius 2 is 1.89 bits per heavy atom. The predicted octanol–water partition coefficient (Wildman–Crippen LogP) is 3.67. The fraction of sp³-hybridized carbons (Fsp3) is 1.00. The normalized spacial score (nSPS) is 27.9. The van der Waals surface area contributed by atoms with Gasteiger partial charge < -0.3 is 10.2 Å². The SMILES string of the molecule is CC(C)CNCCCCCN1CCCC2CCCC21. The Hall–Kier alpha value is -0.0800. The summed E-state index contributed by atoms with van der Waals surface area (Å²) in [4.78, 5) is 2.82. The van der Waals surface area contributed by atoms with Gasteiger partial charge in [-0.3, -0.25) is 0 Å². The average molecular weight is 266 g/mol. The van der Waals surface area contributed by atoms with E-state index in [4.69, 9.17) is 0 Å². The minimum absolute atomic E-state index is 0.785. The number of nitrogens with zero attached hydrogens (tertiary/aromatic N) is 1. The summed E-state index contributed by atoms with van der Waals surface area (Å²) in [5, 5.41) is 3.55. The highest BCUT2D eigenvalue weighted by Crippen LogP contribution is 2.36. The maximum Gasteiger partial charge on any atom is 0.0123 e. The highest BCUT2D eigenvalue weighted by atomic mass is 15.2. The first-order valence-electron chi connectivity index (χ1n) is 8.72. The second-order valence-corrected chi connectivity index (χ2v) is 7.10. The molecule has 1 saturated heterocycles. The van der Waals surface area contributed by atoms with Crippen LogP contribution in [0.2, 0.25) is 0 Å². The van der Waals surface area contributed by atoms with Crippen LogP contribution in [0, 0.1) is 11.8 Å². The summed E-state index contributed by atoms with van der Waals surface area (Å²) >= 11 is 0. The number of nitrogens with one attached hydrogen (secondary N) is 1. The van der Waals surface area contributed by atoms with Crippen molar-refractivity contribution in [2.75, 3.05) is 26.2 Å². The molecule has 1 aliphatic heterocycles. The molecule has 2 nitrogen and oxygen atoms in total. The molecule has 2 rings (SSSR count). The molecule has 19 heavy (non-hydrogen) atoms. The van der Waals surface area contributed by atoms with Crippen molar-refractivity contribution in [3.8, 4) is 0 Å². The molecule has 0 aromatic rings. The van der Waals surface area contributed by atoms with Gasteiger partial charge in [0.1, 0.15) is 0 Å². The molecule has 0 bridgehead atoms. The molecule has 1 saturated carbocycles. The molecule has 112 valence electrons. The van der Waals surface area contributed by atoms with Crippen LogP contribution in [0.3, 0.4) is 0 Å². The van der Waals surface area contributed by atoms with Crippen LogP contribution < -0.4 is 5.32 Å². The number of rotatable bonds is 8. The maximum atomic E-state index is 3.55. The van der Waals surface area contributed by atoms with Crippen LogP contribution in [0.25, 0.3) is 0 Å². The van der Waals surface area contributed by atoms with Crippen molar-refractivity contribution in [2.45, 2.75) is 71.3 Å². The summed E-state index contributed by atoms with van der Waals surface area (Å²) in [6.07, 6.45) is 11.6. The van der Waals surface area contributed by atoms with Gasteiger partial charge in [0.2, 0.25) is 0 Å². The largest absolute Gasteiger partial charge is 0.316 e. The molecule has 2 atom stereocenters. The monoisotopic (exact) mass is 266 g/mol. The standard InChI is InChI=1S/C17H34N2/c1-15(2)14-18-11-4-3-5-12-19-13-7-9-16-8-6-10-17(16)19/h15-18H,3-14H2,1-2H3. The molecular weight excluding hydrogens is 232 g/mol. The number of hydrogen-bond acceptors (Lipinski definition) is 2. The number of hydrogen-bond donors (Lipinski definition) is 1. The minimum atomic E-state index is 0.785. The Morgan fingerprint density at radius 3 is 2.74 bits per heavy atom. The van der Waals surface area contributed by atoms with E-state index < -0.39 is 0 Å². The number of unbranched alkanes of at least 4 members (excludes halogenated alkanes) is 2. The van der Waals surface area contributed by atoms with Crippen molar-refractivity contribution < 1.29 is 0 Å². The molecule has 2 aliphatic rings. The Balaban J connectivity index is 1.51. The average Bonchev–Trinajstić information content (AvgIpc) is 2.86. The van der Waals surface area contributed by atoms with Crippen molar-refractivity contribution in [3.63, 3.8) is 0 Å². The van der Waals surface area contributed by atoms with E-state index >= 15 is 0 Å². The number of fused-ring (bicyclic) bond motifs is 1. The van der Waals surface area contributed by atoms with Crippen LogP contribution >= 0.6 is 0 Å². The zero-order valence-corrected chi connectivity index (χ0v) is 13.2. The molecule has 1 heterocycles. The van der Waals surface area contributed by atoms with E-state index in [1.807, 2.05) is 0 Å². The van der Waals surface area contributed by atoms with Crippen LogP contribution in [0.1, 0.15) is 65.2 Å². The van der Waals surface area contributed by atoms with Crippen LogP contribution in [0.4, 0.5) is 0 Å². The fourth-order valence-electron chi connectivity index (χ4n) is 3.97. The second kappa shape index (κ2) is 8.26. The Morgan fingerprint density at radius 1 is 1.05 bits per heavy atom. The first-order valence-corrected chi connectivity index (χ1v) is 8.72. The van der Waals surface area contributed by atoms with Crippen molar-refractivity contribution in [1.82, 2.24) is 10.2 Å². The summed E-state index contributed by atoms with van der Waals surface area (Å²) in [6.45, 7) is 9.70. The molecule has 2 heteroatoms. The lowest BCUT2D eigenvalue weighted by Gasteiger charge is -2.37. The van der Waals surface area contributed by atoms with Gasteiger partial charge in [0.15, 0.2) is 0 Å². The van der Waals surface area contributed by atoms with Crippen LogP contribution in [-0.2, 0) is 0 Å². The smallest absolute Gasteiger partial charge is 0.0123 e. The second-order valence-electron chi connectivity index (χ2n) is 7.10. The van der Waals surface area contributed by atoms with E-state index in [0.717, 1.165) is 17.9 Å². The van der Waals surface area contributed by atoms with E-state index in [1.54, 1.807) is 0 Å². The molecular formula is C17H34N2. The third-order valence-corrected chi connectivity index (χ3v) is 4.96. The third kappa shape index (κ3) is 5.07. The van der Waals surface area contributed by atoms with Gasteiger partial charge in [0, 0.05) is 6.04 Å². The van der Waals surface area contributed by atoms with Crippen molar-refractivity contribution >= 4 is 0 Å². The maximum absolute atomic E-state index is 3.55. The van der Waals surface area contributed by atoms with Crippen LogP contribution in [-0.4, -0.2) is 37.1 Å². The summed E-state index contributed by atoms with van der Waals surface area (Å²) in [5.74, 6) is 1.84. The van der Waals surface area contributed by atoms with Crippen molar-refractivity contribution in [1.29, 1.82) is 0 Å². The summed E-state index contributed by atoms with van der Waals surface area (Å²) in [5.41, 5.74) is 0. The van der Waals surface area contributed by atoms with Gasteiger partial charge in [-0.25, -0.2) is 0 Å². The highest BCUT2D eigenvalue weighted by Gasteiger charge is 2.34. The topological polar surface area (TPSA) is 15.3 Å². The Labute approximate surface area is 120 Å². The van der Waals surface area contributed by atoms with E-state index in [2.05, 4.69) is 24.1 Å². The van der Waals surface area contributed by atoms with Gasteiger partial charge >= 0.3 is 0 Å². The molecule has 0 radical (unpaired) electrons. The molecule has 0 aromatic heterocycles. The first kappa shape index (κ1) is 15.3. The number of likely N-dealkylation sites (tertiary alicyclic amines) is 1. The van der Waals surface area contributed by atoms with E-state index in [1.165, 1.54) is 77.5 Å². The molecule has 1 aliphatic carbocycles. The highest BCUT2D eigenvalue weighted by molar-refractivity contribution is 4.88. The van der Waals surface area contributed by atoms with Gasteiger partial charge in [0.05, 0.1) is 0 Å². The third-order valence-electron chi connectivity index (χ3n) is 4.96. The summed E-state index contributed by atoms with van der Waals surface area (Å²) in [6, 6.07) is 0.966. The lowest BCUT2D eigenvalue weighted by Crippen LogP contribution is -2.42. The van der Waals surface area contributed by atoms with Gasteiger partial charge in [-0.05, 0) is 76.5 Å². The van der Waals surface area contributed by atoms with Crippen LogP contribution in [0.5, 0.6) is 0 Å². The summed E-state index contributed by atoms with van der Waals surface area (Å²) in [7, 11) is 0. The van der Waals surface area contributed by atoms with E-state index in [0.29, 0.717) is 0 Å². The van der Waals surface area contributed by atoms with Crippen molar-refractivity contribution in [2.24, 2.45) is 11.8 Å². The molecule has 1 N–H and O–H groups in total. The minimum Gasteiger partial charge on any atom is -0.316 e. The quantitative estimate of drug-likeness (QED) is 0.674. The lowest BCUT2D eigenvalue weighted by molar-refractivity contribution is 0.111. The first-order chi connectivity index (χ1) is 9.27. The molecule has 2 unspecified atom stereocenters. The summed E-state index contributed by atoms with van der Waals surface area (Å²) < 4.78 is 0. The molecule has 0 amide bonds. The zero-order chi connectivity index (χ0) is 13.5. The van der Waals surface area contributed by atoms with Gasteiger partial charge in [-0.15, -0.1) is 0 Å². The van der Waals surface area contributed by atoms with E-state index in [-0.39, 0.29) is 0 Å². The number of piperidine rings is 1. The van der Waals surface area contributed by atoms with E-state index in [9.17, 15) is 0 Å². The van der Waals surface area contributed by atoms with Gasteiger partial charge in [-0.2, -0.15) is 0 Å². The molecule has 0 aromatic carbocycles. The lowest BCUT2D eigenvalue weighted by atomic mass is 9.92. The van der Waals surface area contributed by atoms with Gasteiger partial charge in [-0.1, -0.05) is 26.7 Å². The fourth-order valence-corrected chi connectivity index (χ4v) is 3.97.